The van der Waals surface area contributed by atoms with E-state index in [-0.39, 0.29) is 11.6 Å². The standard InChI is InChI=1S/C14H22Cl2N2/c1-6-14(2,18(4)5)13(17-3)11-9-10(15)7-8-12(11)16/h7-9,13,17H,6H2,1-5H3. The first-order valence-electron chi connectivity index (χ1n) is 6.16. The number of hydrogen-bond donors (Lipinski definition) is 1. The lowest BCUT2D eigenvalue weighted by Gasteiger charge is -2.43. The van der Waals surface area contributed by atoms with Gasteiger partial charge in [0.2, 0.25) is 0 Å². The van der Waals surface area contributed by atoms with Crippen LogP contribution in [0.1, 0.15) is 31.9 Å². The second-order valence-corrected chi connectivity index (χ2v) is 5.84. The molecule has 2 nitrogen and oxygen atoms in total. The molecule has 0 heterocycles. The number of nitrogens with one attached hydrogen (secondary N) is 1. The molecule has 18 heavy (non-hydrogen) atoms. The summed E-state index contributed by atoms with van der Waals surface area (Å²) in [4.78, 5) is 2.23. The van der Waals surface area contributed by atoms with Crippen LogP contribution in [0, 0.1) is 0 Å². The Kier molecular flexibility index (Phi) is 5.47. The Bertz CT molecular complexity index is 407. The number of rotatable bonds is 5. The summed E-state index contributed by atoms with van der Waals surface area (Å²) in [6, 6.07) is 5.75. The van der Waals surface area contributed by atoms with Gasteiger partial charge < -0.3 is 10.2 Å². The molecule has 0 aromatic heterocycles. The van der Waals surface area contributed by atoms with Crippen LogP contribution in [0.2, 0.25) is 10.0 Å². The van der Waals surface area contributed by atoms with Gasteiger partial charge >= 0.3 is 0 Å². The van der Waals surface area contributed by atoms with Gasteiger partial charge in [0.15, 0.2) is 0 Å². The van der Waals surface area contributed by atoms with Crippen molar-refractivity contribution in [3.63, 3.8) is 0 Å². The highest BCUT2D eigenvalue weighted by atomic mass is 35.5. The van der Waals surface area contributed by atoms with Gasteiger partial charge in [-0.25, -0.2) is 0 Å². The Morgan fingerprint density at radius 3 is 2.39 bits per heavy atom. The van der Waals surface area contributed by atoms with Crippen LogP contribution in [0.15, 0.2) is 18.2 Å². The highest BCUT2D eigenvalue weighted by Crippen LogP contribution is 2.36. The summed E-state index contributed by atoms with van der Waals surface area (Å²) in [5.41, 5.74) is 1.02. The Hall–Kier alpha value is -0.280. The van der Waals surface area contributed by atoms with Crippen LogP contribution in [0.3, 0.4) is 0 Å². The minimum atomic E-state index is -0.0247. The molecule has 0 saturated heterocycles. The molecule has 0 spiro atoms. The molecular formula is C14H22Cl2N2. The summed E-state index contributed by atoms with van der Waals surface area (Å²) in [6.07, 6.45) is 1.01. The third-order valence-electron chi connectivity index (χ3n) is 3.92. The first-order chi connectivity index (χ1) is 8.36. The molecule has 0 fully saturated rings. The van der Waals surface area contributed by atoms with Crippen molar-refractivity contribution in [2.75, 3.05) is 21.1 Å². The average Bonchev–Trinajstić information content (AvgIpc) is 2.33. The Balaban J connectivity index is 3.28. The summed E-state index contributed by atoms with van der Waals surface area (Å²) in [6.45, 7) is 4.41. The maximum Gasteiger partial charge on any atom is 0.0517 e. The van der Waals surface area contributed by atoms with Gasteiger partial charge in [-0.1, -0.05) is 30.1 Å². The second kappa shape index (κ2) is 6.25. The molecule has 0 bridgehead atoms. The van der Waals surface area contributed by atoms with E-state index in [1.165, 1.54) is 0 Å². The fraction of sp³-hybridized carbons (Fsp3) is 0.571. The van der Waals surface area contributed by atoms with E-state index < -0.39 is 0 Å². The SMILES string of the molecule is CCC(C)(C(NC)c1cc(Cl)ccc1Cl)N(C)C. The molecule has 1 N–H and O–H groups in total. The molecule has 1 aromatic carbocycles. The summed E-state index contributed by atoms with van der Waals surface area (Å²) in [5.74, 6) is 0. The normalized spacial score (nSPS) is 16.7. The molecule has 1 aromatic rings. The van der Waals surface area contributed by atoms with Gasteiger partial charge in [-0.15, -0.1) is 0 Å². The topological polar surface area (TPSA) is 15.3 Å². The molecule has 0 aliphatic rings. The number of benzene rings is 1. The van der Waals surface area contributed by atoms with E-state index in [0.717, 1.165) is 17.0 Å². The fourth-order valence-corrected chi connectivity index (χ4v) is 2.72. The Morgan fingerprint density at radius 1 is 1.33 bits per heavy atom. The lowest BCUT2D eigenvalue weighted by atomic mass is 9.83. The largest absolute Gasteiger partial charge is 0.311 e. The summed E-state index contributed by atoms with van der Waals surface area (Å²) < 4.78 is 0. The molecule has 0 radical (unpaired) electrons. The molecule has 0 aliphatic heterocycles. The van der Waals surface area contributed by atoms with E-state index in [0.29, 0.717) is 5.02 Å². The molecule has 102 valence electrons. The van der Waals surface area contributed by atoms with Gasteiger partial charge in [0.05, 0.1) is 6.04 Å². The molecule has 4 heteroatoms. The molecule has 1 rings (SSSR count). The molecular weight excluding hydrogens is 267 g/mol. The fourth-order valence-electron chi connectivity index (χ4n) is 2.32. The minimum Gasteiger partial charge on any atom is -0.311 e. The van der Waals surface area contributed by atoms with Crippen molar-refractivity contribution in [1.82, 2.24) is 10.2 Å². The highest BCUT2D eigenvalue weighted by molar-refractivity contribution is 6.33. The summed E-state index contributed by atoms with van der Waals surface area (Å²) >= 11 is 12.4. The zero-order valence-corrected chi connectivity index (χ0v) is 13.2. The first-order valence-corrected chi connectivity index (χ1v) is 6.92. The predicted molar refractivity (Wildman–Crippen MR) is 80.6 cm³/mol. The molecule has 2 atom stereocenters. The van der Waals surface area contributed by atoms with E-state index in [1.807, 2.05) is 25.2 Å². The van der Waals surface area contributed by atoms with Crippen molar-refractivity contribution >= 4 is 23.2 Å². The van der Waals surface area contributed by atoms with Crippen LogP contribution in [0.4, 0.5) is 0 Å². The van der Waals surface area contributed by atoms with Gasteiger partial charge in [0.25, 0.3) is 0 Å². The molecule has 0 saturated carbocycles. The van der Waals surface area contributed by atoms with Crippen LogP contribution < -0.4 is 5.32 Å². The van der Waals surface area contributed by atoms with Crippen molar-refractivity contribution < 1.29 is 0 Å². The van der Waals surface area contributed by atoms with Crippen molar-refractivity contribution in [2.24, 2.45) is 0 Å². The predicted octanol–water partition coefficient (Wildman–Crippen LogP) is 3.98. The number of likely N-dealkylation sites (N-methyl/N-ethyl adjacent to an activating group) is 2. The van der Waals surface area contributed by atoms with Crippen LogP contribution in [-0.2, 0) is 0 Å². The van der Waals surface area contributed by atoms with Crippen LogP contribution >= 0.6 is 23.2 Å². The van der Waals surface area contributed by atoms with Gasteiger partial charge in [-0.05, 0) is 58.3 Å². The maximum atomic E-state index is 6.32. The molecule has 0 amide bonds. The van der Waals surface area contributed by atoms with Gasteiger partial charge in [-0.3, -0.25) is 0 Å². The first kappa shape index (κ1) is 15.8. The van der Waals surface area contributed by atoms with E-state index in [9.17, 15) is 0 Å². The van der Waals surface area contributed by atoms with E-state index in [1.54, 1.807) is 0 Å². The van der Waals surface area contributed by atoms with Gasteiger partial charge in [0, 0.05) is 15.6 Å². The number of nitrogens with zero attached hydrogens (tertiary/aromatic N) is 1. The zero-order chi connectivity index (χ0) is 13.9. The Labute approximate surface area is 120 Å². The Morgan fingerprint density at radius 2 is 1.94 bits per heavy atom. The molecule has 2 unspecified atom stereocenters. The van der Waals surface area contributed by atoms with Crippen LogP contribution in [0.25, 0.3) is 0 Å². The lowest BCUT2D eigenvalue weighted by molar-refractivity contribution is 0.117. The third-order valence-corrected chi connectivity index (χ3v) is 4.50. The monoisotopic (exact) mass is 288 g/mol. The van der Waals surface area contributed by atoms with E-state index >= 15 is 0 Å². The van der Waals surface area contributed by atoms with E-state index in [2.05, 4.69) is 38.2 Å². The van der Waals surface area contributed by atoms with Crippen LogP contribution in [0.5, 0.6) is 0 Å². The van der Waals surface area contributed by atoms with Crippen LogP contribution in [-0.4, -0.2) is 31.6 Å². The quantitative estimate of drug-likeness (QED) is 0.882. The van der Waals surface area contributed by atoms with Crippen molar-refractivity contribution in [3.8, 4) is 0 Å². The van der Waals surface area contributed by atoms with Crippen molar-refractivity contribution in [3.05, 3.63) is 33.8 Å². The van der Waals surface area contributed by atoms with Crippen molar-refractivity contribution in [2.45, 2.75) is 31.8 Å². The lowest BCUT2D eigenvalue weighted by Crippen LogP contribution is -2.50. The van der Waals surface area contributed by atoms with Crippen molar-refractivity contribution in [1.29, 1.82) is 0 Å². The third kappa shape index (κ3) is 3.00. The van der Waals surface area contributed by atoms with E-state index in [4.69, 9.17) is 23.2 Å². The minimum absolute atomic E-state index is 0.0247. The summed E-state index contributed by atoms with van der Waals surface area (Å²) in [5, 5.41) is 4.84. The smallest absolute Gasteiger partial charge is 0.0517 e. The maximum absolute atomic E-state index is 6.32. The second-order valence-electron chi connectivity index (χ2n) is 4.99. The average molecular weight is 289 g/mol. The number of halogens is 2. The van der Waals surface area contributed by atoms with Gasteiger partial charge in [-0.2, -0.15) is 0 Å². The molecule has 0 aliphatic carbocycles. The zero-order valence-electron chi connectivity index (χ0n) is 11.7. The number of hydrogen-bond acceptors (Lipinski definition) is 2. The summed E-state index contributed by atoms with van der Waals surface area (Å²) in [7, 11) is 6.14. The van der Waals surface area contributed by atoms with Gasteiger partial charge in [0.1, 0.15) is 0 Å². The highest BCUT2D eigenvalue weighted by Gasteiger charge is 2.35.